The minimum absolute atomic E-state index is 0.0496. The zero-order valence-electron chi connectivity index (χ0n) is 15.6. The van der Waals surface area contributed by atoms with Gasteiger partial charge in [0, 0.05) is 44.4 Å². The Bertz CT molecular complexity index is 910. The van der Waals surface area contributed by atoms with Gasteiger partial charge in [-0.1, -0.05) is 6.58 Å². The zero-order chi connectivity index (χ0) is 19.7. The first-order valence-corrected chi connectivity index (χ1v) is 9.34. The summed E-state index contributed by atoms with van der Waals surface area (Å²) in [5.41, 5.74) is 2.38. The van der Waals surface area contributed by atoms with Gasteiger partial charge >= 0.3 is 0 Å². The standard InChI is InChI=1S/C20H23FN6O/c1-2-19(22)25-7-9-26(10-8-25)20-15-5-6-27(12-17(15)23-13-24-20)18-11-14(28)3-4-16(18)21/h2-4,11,13,22,28H,1,5-10,12H2. The van der Waals surface area contributed by atoms with E-state index in [4.69, 9.17) is 5.41 Å². The fraction of sp³-hybridized carbons (Fsp3) is 0.350. The van der Waals surface area contributed by atoms with Gasteiger partial charge in [0.15, 0.2) is 0 Å². The van der Waals surface area contributed by atoms with Gasteiger partial charge in [-0.3, -0.25) is 5.41 Å². The number of benzene rings is 1. The molecule has 1 aromatic heterocycles. The molecule has 0 aliphatic carbocycles. The lowest BCUT2D eigenvalue weighted by Gasteiger charge is -2.38. The van der Waals surface area contributed by atoms with Crippen LogP contribution in [-0.4, -0.2) is 58.5 Å². The van der Waals surface area contributed by atoms with E-state index in [1.807, 2.05) is 9.80 Å². The Hall–Kier alpha value is -3.16. The molecule has 8 heteroatoms. The molecule has 0 bridgehead atoms. The Balaban J connectivity index is 1.53. The summed E-state index contributed by atoms with van der Waals surface area (Å²) in [6.45, 7) is 7.85. The van der Waals surface area contributed by atoms with Crippen LogP contribution in [0.2, 0.25) is 0 Å². The van der Waals surface area contributed by atoms with Gasteiger partial charge in [-0.15, -0.1) is 0 Å². The number of rotatable bonds is 3. The number of piperazine rings is 1. The highest BCUT2D eigenvalue weighted by molar-refractivity contribution is 5.89. The lowest BCUT2D eigenvalue weighted by molar-refractivity contribution is 0.383. The number of anilines is 2. The van der Waals surface area contributed by atoms with Crippen LogP contribution in [0.25, 0.3) is 0 Å². The van der Waals surface area contributed by atoms with Crippen molar-refractivity contribution in [3.63, 3.8) is 0 Å². The molecule has 2 N–H and O–H groups in total. The minimum Gasteiger partial charge on any atom is -0.508 e. The largest absolute Gasteiger partial charge is 0.508 e. The fourth-order valence-corrected chi connectivity index (χ4v) is 3.85. The number of hydrogen-bond acceptors (Lipinski definition) is 6. The number of nitrogens with one attached hydrogen (secondary N) is 1. The molecule has 28 heavy (non-hydrogen) atoms. The second-order valence-electron chi connectivity index (χ2n) is 6.99. The zero-order valence-corrected chi connectivity index (χ0v) is 15.6. The van der Waals surface area contributed by atoms with Crippen LogP contribution in [0.15, 0.2) is 37.2 Å². The number of hydrogen-bond donors (Lipinski definition) is 2. The molecule has 0 radical (unpaired) electrons. The highest BCUT2D eigenvalue weighted by Gasteiger charge is 2.27. The van der Waals surface area contributed by atoms with E-state index in [0.29, 0.717) is 31.0 Å². The second-order valence-corrected chi connectivity index (χ2v) is 6.99. The SMILES string of the molecule is C=CC(=N)N1CCN(c2ncnc3c2CCN(c2cc(O)ccc2F)C3)CC1. The van der Waals surface area contributed by atoms with Crippen molar-refractivity contribution in [3.8, 4) is 5.75 Å². The van der Waals surface area contributed by atoms with Gasteiger partial charge in [0.25, 0.3) is 0 Å². The molecule has 1 saturated heterocycles. The number of nitrogens with zero attached hydrogens (tertiary/aromatic N) is 5. The first-order valence-electron chi connectivity index (χ1n) is 9.34. The molecule has 0 atom stereocenters. The van der Waals surface area contributed by atoms with Gasteiger partial charge in [-0.2, -0.15) is 0 Å². The van der Waals surface area contributed by atoms with E-state index in [9.17, 15) is 9.50 Å². The molecule has 0 unspecified atom stereocenters. The minimum atomic E-state index is -0.351. The van der Waals surface area contributed by atoms with Crippen LogP contribution < -0.4 is 9.80 Å². The predicted octanol–water partition coefficient (Wildman–Crippen LogP) is 2.17. The first kappa shape index (κ1) is 18.2. The maximum absolute atomic E-state index is 14.2. The number of aromatic hydroxyl groups is 1. The van der Waals surface area contributed by atoms with Crippen LogP contribution in [0.1, 0.15) is 11.3 Å². The van der Waals surface area contributed by atoms with Gasteiger partial charge in [0.05, 0.1) is 17.9 Å². The van der Waals surface area contributed by atoms with Gasteiger partial charge in [-0.05, 0) is 24.6 Å². The quantitative estimate of drug-likeness (QED) is 0.626. The summed E-state index contributed by atoms with van der Waals surface area (Å²) < 4.78 is 14.2. The monoisotopic (exact) mass is 382 g/mol. The summed E-state index contributed by atoms with van der Waals surface area (Å²) in [5.74, 6) is 1.09. The van der Waals surface area contributed by atoms with Crippen molar-refractivity contribution in [2.24, 2.45) is 0 Å². The number of halogens is 1. The van der Waals surface area contributed by atoms with Gasteiger partial charge < -0.3 is 19.8 Å². The lowest BCUT2D eigenvalue weighted by Crippen LogP contribution is -2.49. The van der Waals surface area contributed by atoms with Gasteiger partial charge in [-0.25, -0.2) is 14.4 Å². The molecule has 7 nitrogen and oxygen atoms in total. The lowest BCUT2D eigenvalue weighted by atomic mass is 10.0. The topological polar surface area (TPSA) is 79.6 Å². The summed E-state index contributed by atoms with van der Waals surface area (Å²) in [6.07, 6.45) is 3.84. The van der Waals surface area contributed by atoms with E-state index in [1.54, 1.807) is 12.4 Å². The number of amidine groups is 1. The number of fused-ring (bicyclic) bond motifs is 1. The van der Waals surface area contributed by atoms with E-state index >= 15 is 0 Å². The smallest absolute Gasteiger partial charge is 0.146 e. The number of phenolic OH excluding ortho intramolecular Hbond substituents is 1. The average Bonchev–Trinajstić information content (AvgIpc) is 2.74. The third-order valence-electron chi connectivity index (χ3n) is 5.37. The normalized spacial score (nSPS) is 16.7. The Morgan fingerprint density at radius 1 is 1.14 bits per heavy atom. The molecule has 146 valence electrons. The van der Waals surface area contributed by atoms with Crippen molar-refractivity contribution >= 4 is 17.3 Å². The number of aromatic nitrogens is 2. The molecular weight excluding hydrogens is 359 g/mol. The maximum Gasteiger partial charge on any atom is 0.146 e. The highest BCUT2D eigenvalue weighted by atomic mass is 19.1. The van der Waals surface area contributed by atoms with Crippen LogP contribution in [0, 0.1) is 11.2 Å². The van der Waals surface area contributed by atoms with Gasteiger partial charge in [0.1, 0.15) is 29.5 Å². The van der Waals surface area contributed by atoms with Crippen molar-refractivity contribution in [2.75, 3.05) is 42.5 Å². The molecule has 1 fully saturated rings. The summed E-state index contributed by atoms with van der Waals surface area (Å²) in [5, 5.41) is 17.6. The molecule has 2 aliphatic rings. The number of phenols is 1. The first-order chi connectivity index (χ1) is 13.6. The summed E-state index contributed by atoms with van der Waals surface area (Å²) in [6, 6.07) is 4.09. The second kappa shape index (κ2) is 7.46. The summed E-state index contributed by atoms with van der Waals surface area (Å²) >= 11 is 0. The van der Waals surface area contributed by atoms with Crippen LogP contribution in [0.3, 0.4) is 0 Å². The van der Waals surface area contributed by atoms with Crippen LogP contribution in [0.4, 0.5) is 15.9 Å². The van der Waals surface area contributed by atoms with E-state index in [-0.39, 0.29) is 11.6 Å². The third-order valence-corrected chi connectivity index (χ3v) is 5.37. The molecule has 2 aliphatic heterocycles. The molecule has 1 aromatic carbocycles. The predicted molar refractivity (Wildman–Crippen MR) is 107 cm³/mol. The highest BCUT2D eigenvalue weighted by Crippen LogP contribution is 2.31. The van der Waals surface area contributed by atoms with Crippen molar-refractivity contribution in [1.82, 2.24) is 14.9 Å². The van der Waals surface area contributed by atoms with Crippen molar-refractivity contribution in [2.45, 2.75) is 13.0 Å². The van der Waals surface area contributed by atoms with Gasteiger partial charge in [0.2, 0.25) is 0 Å². The molecule has 0 amide bonds. The summed E-state index contributed by atoms with van der Waals surface area (Å²) in [4.78, 5) is 15.1. The Morgan fingerprint density at radius 2 is 1.93 bits per heavy atom. The Kier molecular flexibility index (Phi) is 4.85. The summed E-state index contributed by atoms with van der Waals surface area (Å²) in [7, 11) is 0. The third kappa shape index (κ3) is 3.37. The van der Waals surface area contributed by atoms with Crippen LogP contribution in [-0.2, 0) is 13.0 Å². The van der Waals surface area contributed by atoms with Crippen LogP contribution >= 0.6 is 0 Å². The van der Waals surface area contributed by atoms with Crippen molar-refractivity contribution < 1.29 is 9.50 Å². The molecule has 0 spiro atoms. The van der Waals surface area contributed by atoms with E-state index in [0.717, 1.165) is 43.3 Å². The molecule has 2 aromatic rings. The Morgan fingerprint density at radius 3 is 2.68 bits per heavy atom. The van der Waals surface area contributed by atoms with Crippen molar-refractivity contribution in [1.29, 1.82) is 5.41 Å². The van der Waals surface area contributed by atoms with E-state index in [2.05, 4.69) is 21.4 Å². The Labute approximate surface area is 163 Å². The molecular formula is C20H23FN6O. The molecule has 3 heterocycles. The molecule has 0 saturated carbocycles. The molecule has 4 rings (SSSR count). The van der Waals surface area contributed by atoms with Crippen LogP contribution in [0.5, 0.6) is 5.75 Å². The van der Waals surface area contributed by atoms with E-state index < -0.39 is 0 Å². The average molecular weight is 382 g/mol. The van der Waals surface area contributed by atoms with Crippen molar-refractivity contribution in [3.05, 3.63) is 54.3 Å². The fourth-order valence-electron chi connectivity index (χ4n) is 3.85. The maximum atomic E-state index is 14.2. The van der Waals surface area contributed by atoms with E-state index in [1.165, 1.54) is 18.2 Å².